The lowest BCUT2D eigenvalue weighted by Gasteiger charge is -2.22. The molecule has 2 aromatic heterocycles. The van der Waals surface area contributed by atoms with E-state index < -0.39 is 0 Å². The summed E-state index contributed by atoms with van der Waals surface area (Å²) in [7, 11) is 1.90. The summed E-state index contributed by atoms with van der Waals surface area (Å²) in [6.45, 7) is 2.75. The molecule has 1 aliphatic heterocycles. The van der Waals surface area contributed by atoms with Gasteiger partial charge in [0.1, 0.15) is 4.83 Å². The minimum Gasteiger partial charge on any atom is -0.394 e. The smallest absolute Gasteiger partial charge is 0.264 e. The molecule has 0 bridgehead atoms. The third kappa shape index (κ3) is 1.95. The largest absolute Gasteiger partial charge is 0.394 e. The van der Waals surface area contributed by atoms with Crippen LogP contribution in [0.4, 0.5) is 0 Å². The van der Waals surface area contributed by atoms with Crippen molar-refractivity contribution in [3.05, 3.63) is 16.6 Å². The first kappa shape index (κ1) is 12.6. The number of nitrogens with zero attached hydrogens (tertiary/aromatic N) is 3. The van der Waals surface area contributed by atoms with Gasteiger partial charge in [-0.15, -0.1) is 11.3 Å². The highest BCUT2D eigenvalue weighted by Crippen LogP contribution is 2.30. The molecule has 3 heterocycles. The predicted octanol–water partition coefficient (Wildman–Crippen LogP) is 1.54. The highest BCUT2D eigenvalue weighted by Gasteiger charge is 2.30. The van der Waals surface area contributed by atoms with E-state index in [1.54, 1.807) is 4.90 Å². The van der Waals surface area contributed by atoms with Gasteiger partial charge in [0.15, 0.2) is 0 Å². The van der Waals surface area contributed by atoms with Gasteiger partial charge in [-0.3, -0.25) is 9.48 Å². The Morgan fingerprint density at radius 3 is 3.11 bits per heavy atom. The molecule has 3 rings (SSSR count). The van der Waals surface area contributed by atoms with Crippen LogP contribution in [0.25, 0.3) is 10.2 Å². The van der Waals surface area contributed by atoms with Crippen LogP contribution < -0.4 is 0 Å². The van der Waals surface area contributed by atoms with Gasteiger partial charge in [0.05, 0.1) is 23.2 Å². The van der Waals surface area contributed by atoms with Crippen LogP contribution >= 0.6 is 11.3 Å². The van der Waals surface area contributed by atoms with Crippen LogP contribution in [-0.2, 0) is 7.05 Å². The molecule has 0 saturated carbocycles. The van der Waals surface area contributed by atoms with Crippen LogP contribution in [0.2, 0.25) is 0 Å². The molecule has 0 aliphatic carbocycles. The number of carbonyl (C=O) groups is 1. The minimum atomic E-state index is -0.0167. The van der Waals surface area contributed by atoms with Crippen molar-refractivity contribution in [1.82, 2.24) is 14.7 Å². The number of hydrogen-bond donors (Lipinski definition) is 1. The number of amides is 1. The zero-order chi connectivity index (χ0) is 13.6. The summed E-state index contributed by atoms with van der Waals surface area (Å²) in [6.07, 6.45) is 1.87. The van der Waals surface area contributed by atoms with E-state index in [1.165, 1.54) is 11.3 Å². The van der Waals surface area contributed by atoms with Gasteiger partial charge >= 0.3 is 0 Å². The maximum atomic E-state index is 12.5. The first-order valence-corrected chi connectivity index (χ1v) is 7.28. The molecule has 1 N–H and O–H groups in total. The summed E-state index contributed by atoms with van der Waals surface area (Å²) in [5.41, 5.74) is 0.952. The van der Waals surface area contributed by atoms with Crippen LogP contribution in [-0.4, -0.2) is 44.9 Å². The summed E-state index contributed by atoms with van der Waals surface area (Å²) in [5.74, 6) is 0.0390. The van der Waals surface area contributed by atoms with Gasteiger partial charge in [0.2, 0.25) is 0 Å². The van der Waals surface area contributed by atoms with Crippen LogP contribution in [0.3, 0.4) is 0 Å². The van der Waals surface area contributed by atoms with E-state index in [9.17, 15) is 9.90 Å². The topological polar surface area (TPSA) is 58.4 Å². The summed E-state index contributed by atoms with van der Waals surface area (Å²) in [5, 5.41) is 14.7. The molecule has 1 fully saturated rings. The van der Waals surface area contributed by atoms with Gasteiger partial charge in [-0.05, 0) is 25.8 Å². The van der Waals surface area contributed by atoms with Gasteiger partial charge in [-0.25, -0.2) is 0 Å². The Morgan fingerprint density at radius 2 is 2.42 bits per heavy atom. The molecule has 0 spiro atoms. The van der Waals surface area contributed by atoms with E-state index in [2.05, 4.69) is 5.10 Å². The molecule has 0 unspecified atom stereocenters. The van der Waals surface area contributed by atoms with E-state index >= 15 is 0 Å². The lowest BCUT2D eigenvalue weighted by atomic mass is 10.2. The van der Waals surface area contributed by atoms with Crippen LogP contribution in [0.15, 0.2) is 6.07 Å². The fourth-order valence-electron chi connectivity index (χ4n) is 2.75. The second kappa shape index (κ2) is 4.61. The minimum absolute atomic E-state index is 0.0167. The highest BCUT2D eigenvalue weighted by atomic mass is 32.1. The Bertz CT molecular complexity index is 597. The van der Waals surface area contributed by atoms with Crippen LogP contribution in [0.1, 0.15) is 28.2 Å². The first-order valence-electron chi connectivity index (χ1n) is 6.46. The molecule has 2 aromatic rings. The fraction of sp³-hybridized carbons (Fsp3) is 0.538. The zero-order valence-electron chi connectivity index (χ0n) is 11.1. The van der Waals surface area contributed by atoms with Crippen molar-refractivity contribution in [2.24, 2.45) is 7.05 Å². The Morgan fingerprint density at radius 1 is 1.63 bits per heavy atom. The molecule has 1 atom stereocenters. The van der Waals surface area contributed by atoms with Crippen molar-refractivity contribution in [3.63, 3.8) is 0 Å². The average molecular weight is 279 g/mol. The van der Waals surface area contributed by atoms with Crippen LogP contribution in [0, 0.1) is 6.92 Å². The summed E-state index contributed by atoms with van der Waals surface area (Å²) in [4.78, 5) is 16.1. The van der Waals surface area contributed by atoms with Crippen molar-refractivity contribution in [2.75, 3.05) is 13.2 Å². The number of thiophene rings is 1. The normalized spacial score (nSPS) is 19.5. The van der Waals surface area contributed by atoms with Crippen LogP contribution in [0.5, 0.6) is 0 Å². The van der Waals surface area contributed by atoms with Crippen molar-refractivity contribution in [2.45, 2.75) is 25.8 Å². The predicted molar refractivity (Wildman–Crippen MR) is 74.5 cm³/mol. The van der Waals surface area contributed by atoms with Gasteiger partial charge in [-0.2, -0.15) is 5.10 Å². The average Bonchev–Trinajstić information content (AvgIpc) is 3.08. The lowest BCUT2D eigenvalue weighted by molar-refractivity contribution is 0.0682. The number of aliphatic hydroxyl groups is 1. The molecule has 1 saturated heterocycles. The summed E-state index contributed by atoms with van der Waals surface area (Å²) < 4.78 is 1.82. The molecule has 102 valence electrons. The van der Waals surface area contributed by atoms with Gasteiger partial charge in [0, 0.05) is 19.0 Å². The van der Waals surface area contributed by atoms with Gasteiger partial charge in [0.25, 0.3) is 5.91 Å². The molecule has 0 aromatic carbocycles. The summed E-state index contributed by atoms with van der Waals surface area (Å²) >= 11 is 1.48. The molecule has 0 radical (unpaired) electrons. The maximum Gasteiger partial charge on any atom is 0.264 e. The number of aliphatic hydroxyl groups excluding tert-OH is 1. The molecule has 1 amide bonds. The number of fused-ring (bicyclic) bond motifs is 1. The van der Waals surface area contributed by atoms with Gasteiger partial charge in [-0.1, -0.05) is 0 Å². The third-order valence-corrected chi connectivity index (χ3v) is 4.95. The molecule has 6 heteroatoms. The number of carbonyl (C=O) groups excluding carboxylic acids is 1. The standard InChI is InChI=1S/C13H17N3O2S/c1-8-10-6-11(19-13(10)15(2)14-8)12(18)16-5-3-4-9(16)7-17/h6,9,17H,3-5,7H2,1-2H3/t9-/m0/s1. The molecule has 19 heavy (non-hydrogen) atoms. The second-order valence-electron chi connectivity index (χ2n) is 5.02. The monoisotopic (exact) mass is 279 g/mol. The SMILES string of the molecule is Cc1nn(C)c2sc(C(=O)N3CCC[C@H]3CO)cc12. The Labute approximate surface area is 115 Å². The zero-order valence-corrected chi connectivity index (χ0v) is 11.9. The van der Waals surface area contributed by atoms with E-state index in [4.69, 9.17) is 0 Å². The maximum absolute atomic E-state index is 12.5. The lowest BCUT2D eigenvalue weighted by Crippen LogP contribution is -2.37. The van der Waals surface area contributed by atoms with Crippen molar-refractivity contribution in [1.29, 1.82) is 0 Å². The number of hydrogen-bond acceptors (Lipinski definition) is 4. The van der Waals surface area contributed by atoms with E-state index in [0.29, 0.717) is 0 Å². The Balaban J connectivity index is 1.95. The highest BCUT2D eigenvalue weighted by molar-refractivity contribution is 7.20. The first-order chi connectivity index (χ1) is 9.11. The van der Waals surface area contributed by atoms with E-state index in [0.717, 1.165) is 40.2 Å². The second-order valence-corrected chi connectivity index (χ2v) is 6.05. The van der Waals surface area contributed by atoms with Crippen molar-refractivity contribution in [3.8, 4) is 0 Å². The van der Waals surface area contributed by atoms with E-state index in [1.807, 2.05) is 24.7 Å². The summed E-state index contributed by atoms with van der Waals surface area (Å²) in [6, 6.07) is 1.91. The Hall–Kier alpha value is -1.40. The Kier molecular flexibility index (Phi) is 3.06. The molecule has 5 nitrogen and oxygen atoms in total. The van der Waals surface area contributed by atoms with Gasteiger partial charge < -0.3 is 10.0 Å². The number of rotatable bonds is 2. The van der Waals surface area contributed by atoms with Crippen molar-refractivity contribution >= 4 is 27.5 Å². The third-order valence-electron chi connectivity index (χ3n) is 3.76. The van der Waals surface area contributed by atoms with Crippen molar-refractivity contribution < 1.29 is 9.90 Å². The molecular formula is C13H17N3O2S. The molecular weight excluding hydrogens is 262 g/mol. The number of aromatic nitrogens is 2. The number of aryl methyl sites for hydroxylation is 2. The fourth-order valence-corrected chi connectivity index (χ4v) is 3.82. The molecule has 1 aliphatic rings. The van der Waals surface area contributed by atoms with E-state index in [-0.39, 0.29) is 18.6 Å². The quantitative estimate of drug-likeness (QED) is 0.907. The number of likely N-dealkylation sites (tertiary alicyclic amines) is 1.